The number of hydrogen-bond acceptors (Lipinski definition) is 3. The number of benzene rings is 2. The molecule has 2 aromatic rings. The molecule has 0 radical (unpaired) electrons. The van der Waals surface area contributed by atoms with Gasteiger partial charge >= 0.3 is 0 Å². The van der Waals surface area contributed by atoms with Crippen molar-refractivity contribution in [1.82, 2.24) is 9.80 Å². The predicted molar refractivity (Wildman–Crippen MR) is 117 cm³/mol. The summed E-state index contributed by atoms with van der Waals surface area (Å²) in [4.78, 5) is 19.2. The highest BCUT2D eigenvalue weighted by molar-refractivity contribution is 5.78. The van der Waals surface area contributed by atoms with Crippen LogP contribution in [0.25, 0.3) is 0 Å². The summed E-state index contributed by atoms with van der Waals surface area (Å²) in [6.45, 7) is 11.5. The van der Waals surface area contributed by atoms with E-state index in [1.54, 1.807) is 0 Å². The number of amides is 1. The molecule has 28 heavy (non-hydrogen) atoms. The Hall–Kier alpha value is -2.33. The Morgan fingerprint density at radius 2 is 1.61 bits per heavy atom. The van der Waals surface area contributed by atoms with E-state index in [0.29, 0.717) is 13.1 Å². The van der Waals surface area contributed by atoms with Crippen LogP contribution >= 0.6 is 0 Å². The first-order valence-corrected chi connectivity index (χ1v) is 10.3. The van der Waals surface area contributed by atoms with Gasteiger partial charge in [-0.15, -0.1) is 0 Å². The van der Waals surface area contributed by atoms with Crippen molar-refractivity contribution in [3.63, 3.8) is 0 Å². The second-order valence-electron chi connectivity index (χ2n) is 7.90. The molecule has 1 aliphatic heterocycles. The molecule has 1 fully saturated rings. The van der Waals surface area contributed by atoms with Crippen LogP contribution in [0.2, 0.25) is 0 Å². The fourth-order valence-corrected chi connectivity index (χ4v) is 3.78. The Morgan fingerprint density at radius 1 is 0.964 bits per heavy atom. The van der Waals surface area contributed by atoms with E-state index in [1.807, 2.05) is 11.9 Å². The largest absolute Gasteiger partial charge is 0.369 e. The van der Waals surface area contributed by atoms with Crippen LogP contribution in [0.1, 0.15) is 29.2 Å². The summed E-state index contributed by atoms with van der Waals surface area (Å²) in [7, 11) is 1.91. The molecular formula is C24H33N3O. The van der Waals surface area contributed by atoms with Crippen molar-refractivity contribution < 1.29 is 4.79 Å². The summed E-state index contributed by atoms with van der Waals surface area (Å²) in [5, 5.41) is 0. The Kier molecular flexibility index (Phi) is 6.74. The van der Waals surface area contributed by atoms with E-state index in [-0.39, 0.29) is 5.91 Å². The maximum Gasteiger partial charge on any atom is 0.236 e. The SMILES string of the molecule is CCc1ccc(CN(C)C(=O)CN2CCN(c3cccc(C)c3C)CC2)cc1. The van der Waals surface area contributed by atoms with Gasteiger partial charge in [0.25, 0.3) is 0 Å². The molecule has 4 heteroatoms. The van der Waals surface area contributed by atoms with Crippen LogP contribution in [0.15, 0.2) is 42.5 Å². The summed E-state index contributed by atoms with van der Waals surface area (Å²) in [5.41, 5.74) is 6.55. The smallest absolute Gasteiger partial charge is 0.236 e. The van der Waals surface area contributed by atoms with E-state index in [2.05, 4.69) is 73.0 Å². The normalized spacial score (nSPS) is 14.9. The lowest BCUT2D eigenvalue weighted by Gasteiger charge is -2.37. The number of carbonyl (C=O) groups is 1. The molecule has 0 aliphatic carbocycles. The minimum atomic E-state index is 0.194. The van der Waals surface area contributed by atoms with E-state index in [4.69, 9.17) is 0 Å². The van der Waals surface area contributed by atoms with Crippen molar-refractivity contribution in [2.24, 2.45) is 0 Å². The number of anilines is 1. The van der Waals surface area contributed by atoms with Gasteiger partial charge in [0.15, 0.2) is 0 Å². The summed E-state index contributed by atoms with van der Waals surface area (Å²) >= 11 is 0. The third-order valence-electron chi connectivity index (χ3n) is 5.92. The molecule has 4 nitrogen and oxygen atoms in total. The van der Waals surface area contributed by atoms with E-state index < -0.39 is 0 Å². The zero-order valence-electron chi connectivity index (χ0n) is 17.7. The molecule has 0 N–H and O–H groups in total. The first-order chi connectivity index (χ1) is 13.5. The van der Waals surface area contributed by atoms with Crippen LogP contribution in [0, 0.1) is 13.8 Å². The summed E-state index contributed by atoms with van der Waals surface area (Å²) < 4.78 is 0. The van der Waals surface area contributed by atoms with Crippen LogP contribution in [0.3, 0.4) is 0 Å². The van der Waals surface area contributed by atoms with E-state index in [1.165, 1.54) is 27.9 Å². The maximum absolute atomic E-state index is 12.7. The minimum absolute atomic E-state index is 0.194. The topological polar surface area (TPSA) is 26.8 Å². The lowest BCUT2D eigenvalue weighted by Crippen LogP contribution is -2.49. The Balaban J connectivity index is 1.49. The number of rotatable bonds is 6. The molecule has 0 atom stereocenters. The van der Waals surface area contributed by atoms with Crippen molar-refractivity contribution in [3.05, 3.63) is 64.7 Å². The minimum Gasteiger partial charge on any atom is -0.369 e. The highest BCUT2D eigenvalue weighted by atomic mass is 16.2. The van der Waals surface area contributed by atoms with Gasteiger partial charge in [-0.2, -0.15) is 0 Å². The average molecular weight is 380 g/mol. The molecule has 150 valence electrons. The van der Waals surface area contributed by atoms with Gasteiger partial charge in [0.05, 0.1) is 6.54 Å². The summed E-state index contributed by atoms with van der Waals surface area (Å²) in [6.07, 6.45) is 1.04. The first kappa shape index (κ1) is 20.4. The van der Waals surface area contributed by atoms with E-state index in [9.17, 15) is 4.79 Å². The summed E-state index contributed by atoms with van der Waals surface area (Å²) in [5.74, 6) is 0.194. The van der Waals surface area contributed by atoms with Crippen LogP contribution in [-0.2, 0) is 17.8 Å². The molecule has 2 aromatic carbocycles. The van der Waals surface area contributed by atoms with E-state index >= 15 is 0 Å². The van der Waals surface area contributed by atoms with E-state index in [0.717, 1.165) is 32.6 Å². The second-order valence-corrected chi connectivity index (χ2v) is 7.90. The number of hydrogen-bond donors (Lipinski definition) is 0. The summed E-state index contributed by atoms with van der Waals surface area (Å²) in [6, 6.07) is 15.1. The van der Waals surface area contributed by atoms with Gasteiger partial charge in [0.2, 0.25) is 5.91 Å². The molecule has 1 saturated heterocycles. The third kappa shape index (κ3) is 4.93. The Bertz CT molecular complexity index is 792. The van der Waals surface area contributed by atoms with Crippen LogP contribution in [0.4, 0.5) is 5.69 Å². The molecule has 1 heterocycles. The van der Waals surface area contributed by atoms with Gasteiger partial charge in [-0.1, -0.05) is 43.3 Å². The highest BCUT2D eigenvalue weighted by Gasteiger charge is 2.21. The standard InChI is InChI=1S/C24H33N3O/c1-5-21-9-11-22(12-10-21)17-25(4)24(28)18-26-13-15-27(16-14-26)23-8-6-7-19(2)20(23)3/h6-12H,5,13-18H2,1-4H3. The quantitative estimate of drug-likeness (QED) is 0.767. The van der Waals surface area contributed by atoms with Crippen molar-refractivity contribution in [3.8, 4) is 0 Å². The van der Waals surface area contributed by atoms with Gasteiger partial charge in [0.1, 0.15) is 0 Å². The molecule has 0 unspecified atom stereocenters. The maximum atomic E-state index is 12.7. The zero-order chi connectivity index (χ0) is 20.1. The lowest BCUT2D eigenvalue weighted by atomic mass is 10.1. The second kappa shape index (κ2) is 9.24. The van der Waals surface area contributed by atoms with Crippen molar-refractivity contribution in [2.45, 2.75) is 33.7 Å². The average Bonchev–Trinajstić information content (AvgIpc) is 2.71. The monoisotopic (exact) mass is 379 g/mol. The first-order valence-electron chi connectivity index (χ1n) is 10.3. The molecule has 3 rings (SSSR count). The van der Waals surface area contributed by atoms with Crippen molar-refractivity contribution >= 4 is 11.6 Å². The fourth-order valence-electron chi connectivity index (χ4n) is 3.78. The molecule has 0 bridgehead atoms. The molecule has 1 aliphatic rings. The number of aryl methyl sites for hydroxylation is 2. The fraction of sp³-hybridized carbons (Fsp3) is 0.458. The van der Waals surface area contributed by atoms with Crippen molar-refractivity contribution in [1.29, 1.82) is 0 Å². The predicted octanol–water partition coefficient (Wildman–Crippen LogP) is 3.65. The van der Waals surface area contributed by atoms with Crippen LogP contribution in [-0.4, -0.2) is 55.5 Å². The molecule has 0 aromatic heterocycles. The van der Waals surface area contributed by atoms with Gasteiger partial charge in [-0.3, -0.25) is 9.69 Å². The van der Waals surface area contributed by atoms with Crippen molar-refractivity contribution in [2.75, 3.05) is 44.7 Å². The molecule has 0 spiro atoms. The van der Waals surface area contributed by atoms with Gasteiger partial charge < -0.3 is 9.80 Å². The number of nitrogens with zero attached hydrogens (tertiary/aromatic N) is 3. The third-order valence-corrected chi connectivity index (χ3v) is 5.92. The van der Waals surface area contributed by atoms with Gasteiger partial charge in [-0.05, 0) is 48.6 Å². The molecule has 1 amide bonds. The highest BCUT2D eigenvalue weighted by Crippen LogP contribution is 2.23. The van der Waals surface area contributed by atoms with Crippen LogP contribution in [0.5, 0.6) is 0 Å². The lowest BCUT2D eigenvalue weighted by molar-refractivity contribution is -0.131. The number of piperazine rings is 1. The molecular weight excluding hydrogens is 346 g/mol. The Morgan fingerprint density at radius 3 is 2.25 bits per heavy atom. The van der Waals surface area contributed by atoms with Crippen LogP contribution < -0.4 is 4.90 Å². The van der Waals surface area contributed by atoms with Gasteiger partial charge in [-0.25, -0.2) is 0 Å². The zero-order valence-corrected chi connectivity index (χ0v) is 17.7. The van der Waals surface area contributed by atoms with Gasteiger partial charge in [0, 0.05) is 45.5 Å². The molecule has 0 saturated carbocycles. The number of likely N-dealkylation sites (N-methyl/N-ethyl adjacent to an activating group) is 1. The Labute approximate surface area is 169 Å². The number of carbonyl (C=O) groups excluding carboxylic acids is 1.